The maximum Gasteiger partial charge on any atom is 0.246 e. The molecule has 0 bridgehead atoms. The molecule has 1 amide bonds. The van der Waals surface area contributed by atoms with Gasteiger partial charge in [0.1, 0.15) is 12.4 Å². The first-order chi connectivity index (χ1) is 16.6. The number of nitrogens with one attached hydrogen (secondary N) is 3. The van der Waals surface area contributed by atoms with Gasteiger partial charge in [-0.1, -0.05) is 19.9 Å². The summed E-state index contributed by atoms with van der Waals surface area (Å²) in [7, 11) is 0. The number of pyridine rings is 1. The molecule has 1 aromatic carbocycles. The summed E-state index contributed by atoms with van der Waals surface area (Å²) in [4.78, 5) is 32.5. The van der Waals surface area contributed by atoms with Crippen LogP contribution in [-0.4, -0.2) is 59.3 Å². The van der Waals surface area contributed by atoms with Crippen LogP contribution in [0, 0.1) is 5.92 Å². The minimum atomic E-state index is -0.103. The number of rotatable bonds is 5. The van der Waals surface area contributed by atoms with Gasteiger partial charge in [0.15, 0.2) is 0 Å². The molecule has 0 atom stereocenters. The van der Waals surface area contributed by atoms with Crippen molar-refractivity contribution < 1.29 is 4.79 Å². The van der Waals surface area contributed by atoms with Crippen LogP contribution in [0.2, 0.25) is 0 Å². The molecule has 5 rings (SSSR count). The fourth-order valence-electron chi connectivity index (χ4n) is 4.21. The summed E-state index contributed by atoms with van der Waals surface area (Å²) in [6, 6.07) is 11.8. The number of aromatic nitrogens is 3. The second kappa shape index (κ2) is 9.56. The van der Waals surface area contributed by atoms with Crippen LogP contribution in [0.1, 0.15) is 19.4 Å². The zero-order chi connectivity index (χ0) is 23.5. The number of carbonyl (C=O) groups excluding carboxylic acids is 1. The van der Waals surface area contributed by atoms with Crippen molar-refractivity contribution in [1.82, 2.24) is 20.3 Å². The molecule has 3 aromatic rings. The van der Waals surface area contributed by atoms with Crippen molar-refractivity contribution in [2.75, 3.05) is 48.3 Å². The molecule has 0 aliphatic carbocycles. The predicted molar refractivity (Wildman–Crippen MR) is 135 cm³/mol. The van der Waals surface area contributed by atoms with Gasteiger partial charge in [-0.2, -0.15) is 0 Å². The number of hydrogen-bond donors (Lipinski definition) is 3. The second-order valence-electron chi connectivity index (χ2n) is 8.69. The Balaban J connectivity index is 1.38. The maximum atomic E-state index is 12.0. The summed E-state index contributed by atoms with van der Waals surface area (Å²) in [6.07, 6.45) is 3.61. The van der Waals surface area contributed by atoms with E-state index in [2.05, 4.69) is 55.7 Å². The number of benzene rings is 1. The van der Waals surface area contributed by atoms with Crippen LogP contribution < -0.4 is 20.9 Å². The molecule has 0 unspecified atom stereocenters. The lowest BCUT2D eigenvalue weighted by Gasteiger charge is -2.29. The number of aliphatic imine (C=N–C) groups is 1. The molecule has 4 heterocycles. The Kier molecular flexibility index (Phi) is 6.18. The molecule has 2 aliphatic heterocycles. The Labute approximate surface area is 198 Å². The Hall–Kier alpha value is -3.85. The Bertz CT molecular complexity index is 1220. The molecule has 174 valence electrons. The molecule has 9 heteroatoms. The van der Waals surface area contributed by atoms with Crippen LogP contribution in [0.25, 0.3) is 11.3 Å². The van der Waals surface area contributed by atoms with E-state index in [1.165, 1.54) is 0 Å². The second-order valence-corrected chi connectivity index (χ2v) is 8.69. The highest BCUT2D eigenvalue weighted by Crippen LogP contribution is 2.28. The number of nitrogens with zero attached hydrogens (tertiary/aromatic N) is 5. The molecule has 1 fully saturated rings. The van der Waals surface area contributed by atoms with E-state index >= 15 is 0 Å². The standard InChI is InChI=1S/C25H28N8O/c1-16(2)24-19-13-17(3-5-21(19)30-23(34)15-29-24)20-7-8-27-25(31-20)32-22-6-4-18(14-28-22)33-11-9-26-10-12-33/h3-8,13-14,16,26H,9-12,15H2,1-2H3,(H,30,34)(H,27,28,31,32). The number of carbonyl (C=O) groups is 1. The molecular weight excluding hydrogens is 428 g/mol. The molecule has 2 aromatic heterocycles. The van der Waals surface area contributed by atoms with E-state index in [1.54, 1.807) is 6.20 Å². The van der Waals surface area contributed by atoms with Gasteiger partial charge in [0.05, 0.1) is 17.6 Å². The summed E-state index contributed by atoms with van der Waals surface area (Å²) in [5.41, 5.74) is 5.43. The number of anilines is 4. The summed E-state index contributed by atoms with van der Waals surface area (Å²) in [5, 5.41) is 9.51. The van der Waals surface area contributed by atoms with Crippen LogP contribution in [0.3, 0.4) is 0 Å². The summed E-state index contributed by atoms with van der Waals surface area (Å²) in [6.45, 7) is 8.23. The van der Waals surface area contributed by atoms with E-state index in [1.807, 2.05) is 36.5 Å². The lowest BCUT2D eigenvalue weighted by atomic mass is 9.95. The minimum absolute atomic E-state index is 0.103. The van der Waals surface area contributed by atoms with Crippen molar-refractivity contribution in [3.63, 3.8) is 0 Å². The summed E-state index contributed by atoms with van der Waals surface area (Å²) >= 11 is 0. The minimum Gasteiger partial charge on any atom is -0.368 e. The lowest BCUT2D eigenvalue weighted by molar-refractivity contribution is -0.114. The molecular formula is C25H28N8O. The van der Waals surface area contributed by atoms with E-state index in [0.29, 0.717) is 11.8 Å². The van der Waals surface area contributed by atoms with Gasteiger partial charge in [-0.25, -0.2) is 15.0 Å². The van der Waals surface area contributed by atoms with Gasteiger partial charge in [0, 0.05) is 54.9 Å². The van der Waals surface area contributed by atoms with Crippen molar-refractivity contribution in [2.45, 2.75) is 13.8 Å². The molecule has 2 aliphatic rings. The van der Waals surface area contributed by atoms with Crippen molar-refractivity contribution in [2.24, 2.45) is 10.9 Å². The van der Waals surface area contributed by atoms with Gasteiger partial charge in [0.2, 0.25) is 11.9 Å². The number of hydrogen-bond acceptors (Lipinski definition) is 8. The average molecular weight is 457 g/mol. The van der Waals surface area contributed by atoms with Gasteiger partial charge in [-0.3, -0.25) is 9.79 Å². The van der Waals surface area contributed by atoms with E-state index in [0.717, 1.165) is 60.1 Å². The van der Waals surface area contributed by atoms with E-state index in [4.69, 9.17) is 4.98 Å². The third-order valence-electron chi connectivity index (χ3n) is 5.93. The molecule has 1 saturated heterocycles. The van der Waals surface area contributed by atoms with Gasteiger partial charge in [0.25, 0.3) is 0 Å². The molecule has 0 spiro atoms. The summed E-state index contributed by atoms with van der Waals surface area (Å²) < 4.78 is 0. The first-order valence-electron chi connectivity index (χ1n) is 11.6. The van der Waals surface area contributed by atoms with Crippen LogP contribution in [0.5, 0.6) is 0 Å². The number of amides is 1. The molecule has 9 nitrogen and oxygen atoms in total. The lowest BCUT2D eigenvalue weighted by Crippen LogP contribution is -2.43. The number of fused-ring (bicyclic) bond motifs is 1. The predicted octanol–water partition coefficient (Wildman–Crippen LogP) is 3.09. The highest BCUT2D eigenvalue weighted by atomic mass is 16.1. The zero-order valence-corrected chi connectivity index (χ0v) is 19.4. The topological polar surface area (TPSA) is 107 Å². The fourth-order valence-corrected chi connectivity index (χ4v) is 4.21. The van der Waals surface area contributed by atoms with Crippen molar-refractivity contribution >= 4 is 34.8 Å². The van der Waals surface area contributed by atoms with E-state index in [-0.39, 0.29) is 18.4 Å². The third kappa shape index (κ3) is 4.74. The van der Waals surface area contributed by atoms with Gasteiger partial charge in [-0.05, 0) is 36.2 Å². The number of piperazine rings is 1. The van der Waals surface area contributed by atoms with E-state index in [9.17, 15) is 4.79 Å². The average Bonchev–Trinajstić information content (AvgIpc) is 3.03. The summed E-state index contributed by atoms with van der Waals surface area (Å²) in [5.74, 6) is 1.25. The van der Waals surface area contributed by atoms with Crippen LogP contribution >= 0.6 is 0 Å². The first kappa shape index (κ1) is 22.0. The molecule has 3 N–H and O–H groups in total. The SMILES string of the molecule is CC(C)C1=NCC(=O)Nc2ccc(-c3ccnc(Nc4ccc(N5CCNCC5)cn4)n3)cc21. The normalized spacial score (nSPS) is 15.9. The highest BCUT2D eigenvalue weighted by Gasteiger charge is 2.20. The third-order valence-corrected chi connectivity index (χ3v) is 5.93. The van der Waals surface area contributed by atoms with Crippen molar-refractivity contribution in [3.05, 3.63) is 54.4 Å². The maximum absolute atomic E-state index is 12.0. The van der Waals surface area contributed by atoms with Gasteiger partial charge in [-0.15, -0.1) is 0 Å². The Morgan fingerprint density at radius 2 is 1.91 bits per heavy atom. The molecule has 0 radical (unpaired) electrons. The van der Waals surface area contributed by atoms with Crippen LogP contribution in [0.15, 0.2) is 53.8 Å². The fraction of sp³-hybridized carbons (Fsp3) is 0.320. The Morgan fingerprint density at radius 1 is 1.06 bits per heavy atom. The number of benzodiazepines with no additional fused rings is 1. The molecule has 0 saturated carbocycles. The van der Waals surface area contributed by atoms with Crippen LogP contribution in [-0.2, 0) is 4.79 Å². The van der Waals surface area contributed by atoms with Gasteiger partial charge >= 0.3 is 0 Å². The molecule has 34 heavy (non-hydrogen) atoms. The largest absolute Gasteiger partial charge is 0.368 e. The smallest absolute Gasteiger partial charge is 0.246 e. The first-order valence-corrected chi connectivity index (χ1v) is 11.6. The zero-order valence-electron chi connectivity index (χ0n) is 19.4. The highest BCUT2D eigenvalue weighted by molar-refractivity contribution is 6.12. The Morgan fingerprint density at radius 3 is 2.68 bits per heavy atom. The van der Waals surface area contributed by atoms with Gasteiger partial charge < -0.3 is 20.9 Å². The van der Waals surface area contributed by atoms with E-state index < -0.39 is 0 Å². The van der Waals surface area contributed by atoms with Crippen LogP contribution in [0.4, 0.5) is 23.1 Å². The monoisotopic (exact) mass is 456 g/mol. The van der Waals surface area contributed by atoms with Crippen molar-refractivity contribution in [3.8, 4) is 11.3 Å². The van der Waals surface area contributed by atoms with Crippen molar-refractivity contribution in [1.29, 1.82) is 0 Å². The quantitative estimate of drug-likeness (QED) is 0.542.